The Morgan fingerprint density at radius 3 is 2.33 bits per heavy atom. The zero-order valence-electron chi connectivity index (χ0n) is 11.4. The summed E-state index contributed by atoms with van der Waals surface area (Å²) in [5.74, 6) is 1.17. The Morgan fingerprint density at radius 2 is 1.83 bits per heavy atom. The smallest absolute Gasteiger partial charge is 0.225 e. The quantitative estimate of drug-likeness (QED) is 0.776. The van der Waals surface area contributed by atoms with Crippen LogP contribution < -0.4 is 5.73 Å². The molecule has 0 unspecified atom stereocenters. The molecule has 0 aromatic rings. The van der Waals surface area contributed by atoms with E-state index in [2.05, 4.69) is 6.92 Å². The molecule has 3 N–H and O–H groups in total. The van der Waals surface area contributed by atoms with E-state index in [1.165, 1.54) is 0 Å². The average Bonchev–Trinajstić information content (AvgIpc) is 2.40. The molecule has 4 nitrogen and oxygen atoms in total. The lowest BCUT2D eigenvalue weighted by Gasteiger charge is -2.38. The van der Waals surface area contributed by atoms with Gasteiger partial charge in [0.05, 0.1) is 5.60 Å². The first kappa shape index (κ1) is 13.8. The van der Waals surface area contributed by atoms with Gasteiger partial charge < -0.3 is 15.7 Å². The molecular formula is C14H26N2O2. The first-order valence-electron chi connectivity index (χ1n) is 7.25. The van der Waals surface area contributed by atoms with E-state index < -0.39 is 5.60 Å². The molecule has 2 aliphatic rings. The van der Waals surface area contributed by atoms with Gasteiger partial charge in [0, 0.05) is 25.6 Å². The second-order valence-electron chi connectivity index (χ2n) is 6.21. The molecule has 0 radical (unpaired) electrons. The summed E-state index contributed by atoms with van der Waals surface area (Å²) in [6.07, 6.45) is 5.18. The van der Waals surface area contributed by atoms with E-state index in [0.29, 0.717) is 25.3 Å². The van der Waals surface area contributed by atoms with Crippen LogP contribution in [0.4, 0.5) is 0 Å². The molecule has 1 aliphatic carbocycles. The third kappa shape index (κ3) is 3.04. The Morgan fingerprint density at radius 1 is 1.28 bits per heavy atom. The van der Waals surface area contributed by atoms with Crippen molar-refractivity contribution in [3.63, 3.8) is 0 Å². The van der Waals surface area contributed by atoms with Crippen molar-refractivity contribution >= 4 is 5.91 Å². The van der Waals surface area contributed by atoms with E-state index in [1.807, 2.05) is 4.90 Å². The summed E-state index contributed by atoms with van der Waals surface area (Å²) in [5.41, 5.74) is 4.86. The average molecular weight is 254 g/mol. The molecule has 0 aromatic heterocycles. The molecule has 1 saturated heterocycles. The Bertz CT molecular complexity index is 290. The van der Waals surface area contributed by atoms with Crippen molar-refractivity contribution in [1.29, 1.82) is 0 Å². The van der Waals surface area contributed by atoms with Gasteiger partial charge >= 0.3 is 0 Å². The second-order valence-corrected chi connectivity index (χ2v) is 6.21. The van der Waals surface area contributed by atoms with Crippen molar-refractivity contribution in [2.45, 2.75) is 51.0 Å². The normalized spacial score (nSPS) is 34.6. The van der Waals surface area contributed by atoms with Gasteiger partial charge in [-0.05, 0) is 44.4 Å². The molecule has 18 heavy (non-hydrogen) atoms. The predicted octanol–water partition coefficient (Wildman–Crippen LogP) is 1.12. The molecule has 0 atom stereocenters. The Labute approximate surface area is 110 Å². The van der Waals surface area contributed by atoms with Gasteiger partial charge in [-0.15, -0.1) is 0 Å². The van der Waals surface area contributed by atoms with Gasteiger partial charge in [0.25, 0.3) is 0 Å². The zero-order chi connectivity index (χ0) is 13.2. The summed E-state index contributed by atoms with van der Waals surface area (Å²) in [4.78, 5) is 14.4. The number of carbonyl (C=O) groups is 1. The SMILES string of the molecule is CC1CCN(C(=O)C2CCC(O)(CN)CC2)CC1. The lowest BCUT2D eigenvalue weighted by molar-refractivity contribution is -0.139. The molecule has 0 spiro atoms. The molecule has 2 rings (SSSR count). The molecular weight excluding hydrogens is 228 g/mol. The van der Waals surface area contributed by atoms with Crippen molar-refractivity contribution in [2.24, 2.45) is 17.6 Å². The van der Waals surface area contributed by atoms with Crippen LogP contribution in [0.2, 0.25) is 0 Å². The van der Waals surface area contributed by atoms with Gasteiger partial charge in [0.2, 0.25) is 5.91 Å². The molecule has 1 amide bonds. The van der Waals surface area contributed by atoms with Crippen LogP contribution in [0.5, 0.6) is 0 Å². The molecule has 0 bridgehead atoms. The number of amides is 1. The number of rotatable bonds is 2. The minimum Gasteiger partial charge on any atom is -0.389 e. The Kier molecular flexibility index (Phi) is 4.28. The van der Waals surface area contributed by atoms with Crippen LogP contribution in [0.1, 0.15) is 45.4 Å². The summed E-state index contributed by atoms with van der Waals surface area (Å²) in [6, 6.07) is 0. The van der Waals surface area contributed by atoms with Gasteiger partial charge in [0.15, 0.2) is 0 Å². The van der Waals surface area contributed by atoms with Crippen molar-refractivity contribution < 1.29 is 9.90 Å². The van der Waals surface area contributed by atoms with Crippen LogP contribution in [0, 0.1) is 11.8 Å². The van der Waals surface area contributed by atoms with Crippen molar-refractivity contribution in [2.75, 3.05) is 19.6 Å². The number of nitrogens with two attached hydrogens (primary N) is 1. The summed E-state index contributed by atoms with van der Waals surface area (Å²) in [5, 5.41) is 10.1. The van der Waals surface area contributed by atoms with E-state index in [9.17, 15) is 9.90 Å². The number of nitrogens with zero attached hydrogens (tertiary/aromatic N) is 1. The van der Waals surface area contributed by atoms with Crippen LogP contribution >= 0.6 is 0 Å². The Balaban J connectivity index is 1.84. The summed E-state index contributed by atoms with van der Waals surface area (Å²) in [7, 11) is 0. The van der Waals surface area contributed by atoms with Gasteiger partial charge in [-0.2, -0.15) is 0 Å². The van der Waals surface area contributed by atoms with Crippen molar-refractivity contribution in [3.05, 3.63) is 0 Å². The van der Waals surface area contributed by atoms with Crippen LogP contribution in [-0.2, 0) is 4.79 Å². The van der Waals surface area contributed by atoms with E-state index in [4.69, 9.17) is 5.73 Å². The molecule has 104 valence electrons. The monoisotopic (exact) mass is 254 g/mol. The number of aliphatic hydroxyl groups is 1. The number of hydrogen-bond donors (Lipinski definition) is 2. The predicted molar refractivity (Wildman–Crippen MR) is 70.9 cm³/mol. The van der Waals surface area contributed by atoms with Crippen LogP contribution in [0.15, 0.2) is 0 Å². The van der Waals surface area contributed by atoms with E-state index in [-0.39, 0.29) is 5.92 Å². The van der Waals surface area contributed by atoms with Crippen LogP contribution in [0.25, 0.3) is 0 Å². The van der Waals surface area contributed by atoms with Crippen molar-refractivity contribution in [1.82, 2.24) is 4.90 Å². The van der Waals surface area contributed by atoms with E-state index >= 15 is 0 Å². The number of piperidine rings is 1. The third-order valence-corrected chi connectivity index (χ3v) is 4.74. The van der Waals surface area contributed by atoms with Crippen molar-refractivity contribution in [3.8, 4) is 0 Å². The molecule has 4 heteroatoms. The number of likely N-dealkylation sites (tertiary alicyclic amines) is 1. The van der Waals surface area contributed by atoms with E-state index in [1.54, 1.807) is 0 Å². The summed E-state index contributed by atoms with van der Waals surface area (Å²) < 4.78 is 0. The van der Waals surface area contributed by atoms with Crippen LogP contribution in [0.3, 0.4) is 0 Å². The highest BCUT2D eigenvalue weighted by Crippen LogP contribution is 2.33. The van der Waals surface area contributed by atoms with Gasteiger partial charge in [-0.3, -0.25) is 4.79 Å². The van der Waals surface area contributed by atoms with E-state index in [0.717, 1.165) is 44.7 Å². The summed E-state index contributed by atoms with van der Waals surface area (Å²) in [6.45, 7) is 4.40. The standard InChI is InChI=1S/C14H26N2O2/c1-11-4-8-16(9-5-11)13(17)12-2-6-14(18,10-15)7-3-12/h11-12,18H,2-10,15H2,1H3. The first-order valence-corrected chi connectivity index (χ1v) is 7.25. The number of hydrogen-bond acceptors (Lipinski definition) is 3. The lowest BCUT2D eigenvalue weighted by atomic mass is 9.78. The number of carbonyl (C=O) groups excluding carboxylic acids is 1. The zero-order valence-corrected chi connectivity index (χ0v) is 11.4. The molecule has 2 fully saturated rings. The topological polar surface area (TPSA) is 66.6 Å². The first-order chi connectivity index (χ1) is 8.54. The molecule has 0 aromatic carbocycles. The fourth-order valence-electron chi connectivity index (χ4n) is 3.09. The maximum Gasteiger partial charge on any atom is 0.225 e. The highest BCUT2D eigenvalue weighted by atomic mass is 16.3. The lowest BCUT2D eigenvalue weighted by Crippen LogP contribution is -2.46. The highest BCUT2D eigenvalue weighted by Gasteiger charge is 2.36. The molecule has 1 saturated carbocycles. The third-order valence-electron chi connectivity index (χ3n) is 4.74. The summed E-state index contributed by atoms with van der Waals surface area (Å²) >= 11 is 0. The minimum absolute atomic E-state index is 0.116. The second kappa shape index (κ2) is 5.57. The Hall–Kier alpha value is -0.610. The molecule has 1 heterocycles. The minimum atomic E-state index is -0.715. The van der Waals surface area contributed by atoms with Crippen LogP contribution in [-0.4, -0.2) is 41.1 Å². The highest BCUT2D eigenvalue weighted by molar-refractivity contribution is 5.79. The maximum atomic E-state index is 12.4. The molecule has 1 aliphatic heterocycles. The van der Waals surface area contributed by atoms with Gasteiger partial charge in [-0.25, -0.2) is 0 Å². The van der Waals surface area contributed by atoms with Gasteiger partial charge in [0.1, 0.15) is 0 Å². The fraction of sp³-hybridized carbons (Fsp3) is 0.929. The van der Waals surface area contributed by atoms with Gasteiger partial charge in [-0.1, -0.05) is 6.92 Å². The fourth-order valence-corrected chi connectivity index (χ4v) is 3.09. The largest absolute Gasteiger partial charge is 0.389 e. The maximum absolute atomic E-state index is 12.4.